The number of nitrogens with one attached hydrogen (secondary N) is 1. The Balaban J connectivity index is 1.97. The molecule has 3 nitrogen and oxygen atoms in total. The number of nitrogens with zero attached hydrogens (tertiary/aromatic N) is 1. The maximum Gasteiger partial charge on any atom is 0.271 e. The largest absolute Gasteiger partial charge is 0.348 e. The number of carbonyl (C=O) groups excluding carboxylic acids is 1. The maximum atomic E-state index is 11.7. The fourth-order valence-corrected chi connectivity index (χ4v) is 2.70. The fourth-order valence-electron chi connectivity index (χ4n) is 1.96. The molecule has 82 valence electrons. The van der Waals surface area contributed by atoms with Gasteiger partial charge in [0.25, 0.3) is 5.91 Å². The lowest BCUT2D eigenvalue weighted by Gasteiger charge is -2.16. The molecule has 2 unspecified atom stereocenters. The minimum Gasteiger partial charge on any atom is -0.348 e. The van der Waals surface area contributed by atoms with E-state index in [1.54, 1.807) is 5.38 Å². The Kier molecular flexibility index (Phi) is 3.26. The van der Waals surface area contributed by atoms with E-state index in [0.29, 0.717) is 22.1 Å². The van der Waals surface area contributed by atoms with Crippen molar-refractivity contribution in [2.75, 3.05) is 0 Å². The normalized spacial score (nSPS) is 25.5. The van der Waals surface area contributed by atoms with E-state index in [-0.39, 0.29) is 5.91 Å². The quantitative estimate of drug-likeness (QED) is 0.869. The Hall–Kier alpha value is -0.610. The maximum absolute atomic E-state index is 11.7. The van der Waals surface area contributed by atoms with Crippen LogP contribution in [0, 0.1) is 5.92 Å². The highest BCUT2D eigenvalue weighted by molar-refractivity contribution is 7.14. The summed E-state index contributed by atoms with van der Waals surface area (Å²) in [4.78, 5) is 15.7. The summed E-state index contributed by atoms with van der Waals surface area (Å²) in [6, 6.07) is 0.304. The van der Waals surface area contributed by atoms with Crippen LogP contribution < -0.4 is 5.32 Å². The molecule has 15 heavy (non-hydrogen) atoms. The summed E-state index contributed by atoms with van der Waals surface area (Å²) in [5, 5.41) is 4.70. The minimum absolute atomic E-state index is 0.100. The average molecular weight is 245 g/mol. The van der Waals surface area contributed by atoms with Crippen LogP contribution in [0.5, 0.6) is 0 Å². The summed E-state index contributed by atoms with van der Waals surface area (Å²) < 4.78 is 0.416. The second-order valence-corrected chi connectivity index (χ2v) is 5.41. The molecule has 1 aromatic heterocycles. The van der Waals surface area contributed by atoms with Gasteiger partial charge in [-0.2, -0.15) is 0 Å². The molecule has 1 heterocycles. The van der Waals surface area contributed by atoms with E-state index in [0.717, 1.165) is 6.42 Å². The van der Waals surface area contributed by atoms with Gasteiger partial charge in [0.2, 0.25) is 0 Å². The van der Waals surface area contributed by atoms with Crippen molar-refractivity contribution in [1.82, 2.24) is 10.3 Å². The van der Waals surface area contributed by atoms with Crippen molar-refractivity contribution in [2.45, 2.75) is 32.2 Å². The molecule has 5 heteroatoms. The van der Waals surface area contributed by atoms with Crippen LogP contribution in [-0.2, 0) is 0 Å². The van der Waals surface area contributed by atoms with E-state index >= 15 is 0 Å². The standard InChI is InChI=1S/C10H13ClN2OS/c1-6-3-2-4-7(6)12-9(14)8-5-15-10(11)13-8/h5-7H,2-4H2,1H3,(H,12,14). The van der Waals surface area contributed by atoms with Crippen LogP contribution in [0.25, 0.3) is 0 Å². The molecule has 0 bridgehead atoms. The molecule has 2 atom stereocenters. The van der Waals surface area contributed by atoms with Crippen molar-refractivity contribution >= 4 is 28.8 Å². The Morgan fingerprint density at radius 1 is 1.67 bits per heavy atom. The highest BCUT2D eigenvalue weighted by Crippen LogP contribution is 2.25. The highest BCUT2D eigenvalue weighted by atomic mass is 35.5. The van der Waals surface area contributed by atoms with E-state index in [1.807, 2.05) is 0 Å². The van der Waals surface area contributed by atoms with Gasteiger partial charge in [-0.25, -0.2) is 4.98 Å². The number of hydrogen-bond donors (Lipinski definition) is 1. The number of carbonyl (C=O) groups is 1. The second-order valence-electron chi connectivity index (χ2n) is 3.97. The van der Waals surface area contributed by atoms with Gasteiger partial charge in [0.15, 0.2) is 4.47 Å². The zero-order valence-electron chi connectivity index (χ0n) is 8.50. The first kappa shape index (κ1) is 10.9. The fraction of sp³-hybridized carbons (Fsp3) is 0.600. The van der Waals surface area contributed by atoms with E-state index in [1.165, 1.54) is 24.2 Å². The van der Waals surface area contributed by atoms with Gasteiger partial charge < -0.3 is 5.32 Å². The first-order chi connectivity index (χ1) is 7.16. The van der Waals surface area contributed by atoms with Crippen LogP contribution in [0.2, 0.25) is 4.47 Å². The molecule has 1 aliphatic carbocycles. The molecule has 1 aliphatic rings. The Morgan fingerprint density at radius 3 is 3.00 bits per heavy atom. The topological polar surface area (TPSA) is 42.0 Å². The SMILES string of the molecule is CC1CCCC1NC(=O)c1csc(Cl)n1. The van der Waals surface area contributed by atoms with E-state index in [2.05, 4.69) is 17.2 Å². The Bertz CT molecular complexity index is 366. The van der Waals surface area contributed by atoms with Crippen molar-refractivity contribution in [2.24, 2.45) is 5.92 Å². The highest BCUT2D eigenvalue weighted by Gasteiger charge is 2.25. The van der Waals surface area contributed by atoms with Crippen LogP contribution in [0.15, 0.2) is 5.38 Å². The predicted molar refractivity (Wildman–Crippen MR) is 61.4 cm³/mol. The molecule has 1 saturated carbocycles. The zero-order valence-corrected chi connectivity index (χ0v) is 10.1. The monoisotopic (exact) mass is 244 g/mol. The lowest BCUT2D eigenvalue weighted by atomic mass is 10.1. The van der Waals surface area contributed by atoms with Crippen molar-refractivity contribution < 1.29 is 4.79 Å². The molecular weight excluding hydrogens is 232 g/mol. The molecule has 0 aliphatic heterocycles. The molecule has 0 spiro atoms. The molecule has 1 amide bonds. The lowest BCUT2D eigenvalue weighted by Crippen LogP contribution is -2.36. The van der Waals surface area contributed by atoms with E-state index < -0.39 is 0 Å². The van der Waals surface area contributed by atoms with Gasteiger partial charge in [0.05, 0.1) is 0 Å². The van der Waals surface area contributed by atoms with Gasteiger partial charge in [-0.3, -0.25) is 4.79 Å². The zero-order chi connectivity index (χ0) is 10.8. The van der Waals surface area contributed by atoms with Crippen LogP contribution in [0.4, 0.5) is 0 Å². The smallest absolute Gasteiger partial charge is 0.271 e. The van der Waals surface area contributed by atoms with Gasteiger partial charge in [-0.05, 0) is 18.8 Å². The molecular formula is C10H13ClN2OS. The molecule has 0 radical (unpaired) electrons. The average Bonchev–Trinajstić information content (AvgIpc) is 2.77. The van der Waals surface area contributed by atoms with Gasteiger partial charge in [0, 0.05) is 11.4 Å². The van der Waals surface area contributed by atoms with Crippen LogP contribution >= 0.6 is 22.9 Å². The molecule has 1 N–H and O–H groups in total. The summed E-state index contributed by atoms with van der Waals surface area (Å²) >= 11 is 6.96. The van der Waals surface area contributed by atoms with Crippen molar-refractivity contribution in [1.29, 1.82) is 0 Å². The third-order valence-electron chi connectivity index (χ3n) is 2.89. The van der Waals surface area contributed by atoms with Crippen molar-refractivity contribution in [3.8, 4) is 0 Å². The minimum atomic E-state index is -0.100. The molecule has 0 aromatic carbocycles. The molecule has 1 aromatic rings. The first-order valence-corrected chi connectivity index (χ1v) is 6.34. The predicted octanol–water partition coefficient (Wildman–Crippen LogP) is 2.71. The van der Waals surface area contributed by atoms with Crippen LogP contribution in [0.3, 0.4) is 0 Å². The van der Waals surface area contributed by atoms with Gasteiger partial charge in [-0.15, -0.1) is 11.3 Å². The summed E-state index contributed by atoms with van der Waals surface area (Å²) in [7, 11) is 0. The first-order valence-electron chi connectivity index (χ1n) is 5.08. The number of hydrogen-bond acceptors (Lipinski definition) is 3. The van der Waals surface area contributed by atoms with Gasteiger partial charge >= 0.3 is 0 Å². The van der Waals surface area contributed by atoms with Crippen LogP contribution in [0.1, 0.15) is 36.7 Å². The lowest BCUT2D eigenvalue weighted by molar-refractivity contribution is 0.0925. The number of amides is 1. The molecule has 0 saturated heterocycles. The molecule has 1 fully saturated rings. The summed E-state index contributed by atoms with van der Waals surface area (Å²) in [6.45, 7) is 2.17. The van der Waals surface area contributed by atoms with E-state index in [4.69, 9.17) is 11.6 Å². The summed E-state index contributed by atoms with van der Waals surface area (Å²) in [5.41, 5.74) is 0.434. The second kappa shape index (κ2) is 4.49. The van der Waals surface area contributed by atoms with Gasteiger partial charge in [0.1, 0.15) is 5.69 Å². The number of rotatable bonds is 2. The summed E-state index contributed by atoms with van der Waals surface area (Å²) in [6.07, 6.45) is 3.47. The third kappa shape index (κ3) is 2.49. The van der Waals surface area contributed by atoms with Gasteiger partial charge in [-0.1, -0.05) is 24.9 Å². The third-order valence-corrected chi connectivity index (χ3v) is 3.87. The van der Waals surface area contributed by atoms with Crippen molar-refractivity contribution in [3.63, 3.8) is 0 Å². The Morgan fingerprint density at radius 2 is 2.47 bits per heavy atom. The van der Waals surface area contributed by atoms with E-state index in [9.17, 15) is 4.79 Å². The van der Waals surface area contributed by atoms with Crippen molar-refractivity contribution in [3.05, 3.63) is 15.5 Å². The number of thiazole rings is 1. The number of aromatic nitrogens is 1. The van der Waals surface area contributed by atoms with Crippen LogP contribution in [-0.4, -0.2) is 16.9 Å². The Labute approximate surface area is 97.9 Å². The summed E-state index contributed by atoms with van der Waals surface area (Å²) in [5.74, 6) is 0.472. The number of halogens is 1. The molecule has 2 rings (SSSR count).